The Morgan fingerprint density at radius 2 is 1.89 bits per heavy atom. The van der Waals surface area contributed by atoms with E-state index in [9.17, 15) is 9.59 Å². The van der Waals surface area contributed by atoms with Crippen molar-refractivity contribution in [3.8, 4) is 11.5 Å². The lowest BCUT2D eigenvalue weighted by atomic mass is 9.77. The molecule has 0 N–H and O–H groups in total. The van der Waals surface area contributed by atoms with Crippen LogP contribution < -0.4 is 9.47 Å². The van der Waals surface area contributed by atoms with Gasteiger partial charge in [0.15, 0.2) is 28.3 Å². The van der Waals surface area contributed by atoms with Crippen molar-refractivity contribution in [2.24, 2.45) is 0 Å². The molecule has 9 heteroatoms. The van der Waals surface area contributed by atoms with Crippen molar-refractivity contribution in [3.63, 3.8) is 0 Å². The lowest BCUT2D eigenvalue weighted by Crippen LogP contribution is -2.54. The van der Waals surface area contributed by atoms with Crippen LogP contribution in [0.3, 0.4) is 0 Å². The third-order valence-corrected chi connectivity index (χ3v) is 9.66. The highest BCUT2D eigenvalue weighted by Crippen LogP contribution is 2.56. The average Bonchev–Trinajstić information content (AvgIpc) is 3.57. The Balaban J connectivity index is 1.41. The summed E-state index contributed by atoms with van der Waals surface area (Å²) in [6.07, 6.45) is 8.24. The molecule has 0 radical (unpaired) electrons. The summed E-state index contributed by atoms with van der Waals surface area (Å²) in [5.41, 5.74) is 0.140. The first-order chi connectivity index (χ1) is 18.2. The van der Waals surface area contributed by atoms with Gasteiger partial charge in [0.25, 0.3) is 0 Å². The maximum Gasteiger partial charge on any atom is 0.339 e. The second kappa shape index (κ2) is 9.45. The highest BCUT2D eigenvalue weighted by Gasteiger charge is 2.59. The quantitative estimate of drug-likeness (QED) is 0.504. The minimum Gasteiger partial charge on any atom is -0.497 e. The number of esters is 1. The van der Waals surface area contributed by atoms with Gasteiger partial charge in [0.1, 0.15) is 5.76 Å². The van der Waals surface area contributed by atoms with Crippen LogP contribution in [-0.4, -0.2) is 72.1 Å². The van der Waals surface area contributed by atoms with E-state index in [1.54, 1.807) is 13.4 Å². The van der Waals surface area contributed by atoms with E-state index in [4.69, 9.17) is 23.7 Å². The molecular formula is C29H37NO7S. The largest absolute Gasteiger partial charge is 0.497 e. The van der Waals surface area contributed by atoms with Crippen molar-refractivity contribution in [2.75, 3.05) is 33.2 Å². The Bertz CT molecular complexity index is 1180. The van der Waals surface area contributed by atoms with Crippen molar-refractivity contribution in [1.29, 1.82) is 0 Å². The fourth-order valence-corrected chi connectivity index (χ4v) is 7.77. The number of carbonyl (C=O) groups excluding carboxylic acids is 2. The molecule has 1 aromatic rings. The number of benzene rings is 1. The standard InChI is InChI=1S/C29H37NO7S/c1-27(2)8-5-10-29(37-27,16-23(31)38-4)26(32)36-25-22(33-3)15-28-9-6-11-30(28)12-7-18-13-20-21(35-17-34-20)14-19(18)24(25)28/h13-15,24-25H,5-12,16-17H2,1-4H3/t24-,25?,28+,29?/m1/s1. The lowest BCUT2D eigenvalue weighted by molar-refractivity contribution is -0.213. The van der Waals surface area contributed by atoms with Crippen molar-refractivity contribution in [1.82, 2.24) is 4.90 Å². The zero-order valence-corrected chi connectivity index (χ0v) is 23.5. The number of methoxy groups -OCH3 is 1. The molecular weight excluding hydrogens is 506 g/mol. The number of hydrogen-bond donors (Lipinski definition) is 0. The number of nitrogens with zero attached hydrogens (tertiary/aromatic N) is 1. The Morgan fingerprint density at radius 3 is 2.63 bits per heavy atom. The molecule has 0 aromatic heterocycles. The highest BCUT2D eigenvalue weighted by atomic mass is 32.2. The van der Waals surface area contributed by atoms with Crippen LogP contribution in [0.5, 0.6) is 11.5 Å². The summed E-state index contributed by atoms with van der Waals surface area (Å²) in [5, 5.41) is -0.0838. The molecule has 1 aliphatic carbocycles. The van der Waals surface area contributed by atoms with Gasteiger partial charge in [-0.1, -0.05) is 11.8 Å². The predicted molar refractivity (Wildman–Crippen MR) is 142 cm³/mol. The van der Waals surface area contributed by atoms with E-state index in [1.165, 1.54) is 5.56 Å². The summed E-state index contributed by atoms with van der Waals surface area (Å²) in [6.45, 7) is 6.04. The van der Waals surface area contributed by atoms with Gasteiger partial charge in [-0.2, -0.15) is 0 Å². The zero-order valence-electron chi connectivity index (χ0n) is 22.7. The van der Waals surface area contributed by atoms with Crippen LogP contribution in [0.15, 0.2) is 24.0 Å². The fraction of sp³-hybridized carbons (Fsp3) is 0.655. The third-order valence-electron chi connectivity index (χ3n) is 9.06. The minimum absolute atomic E-state index is 0.00755. The Kier molecular flexibility index (Phi) is 6.47. The maximum absolute atomic E-state index is 14.2. The van der Waals surface area contributed by atoms with E-state index in [0.717, 1.165) is 74.0 Å². The second-order valence-electron chi connectivity index (χ2n) is 11.8. The second-order valence-corrected chi connectivity index (χ2v) is 12.6. The molecule has 1 spiro atoms. The predicted octanol–water partition coefficient (Wildman–Crippen LogP) is 4.34. The minimum atomic E-state index is -1.31. The normalized spacial score (nSPS) is 33.0. The molecule has 206 valence electrons. The van der Waals surface area contributed by atoms with Crippen LogP contribution in [0.1, 0.15) is 69.4 Å². The van der Waals surface area contributed by atoms with E-state index in [0.29, 0.717) is 12.2 Å². The number of rotatable bonds is 5. The summed E-state index contributed by atoms with van der Waals surface area (Å²) >= 11 is 1.12. The van der Waals surface area contributed by atoms with Gasteiger partial charge >= 0.3 is 5.97 Å². The molecule has 0 saturated carbocycles. The first-order valence-corrected chi connectivity index (χ1v) is 14.9. The molecule has 2 fully saturated rings. The van der Waals surface area contributed by atoms with Crippen molar-refractivity contribution < 1.29 is 33.3 Å². The molecule has 4 atom stereocenters. The molecule has 4 heterocycles. The summed E-state index contributed by atoms with van der Waals surface area (Å²) in [5.74, 6) is 1.50. The number of thioether (sulfide) groups is 1. The van der Waals surface area contributed by atoms with Crippen LogP contribution in [0.4, 0.5) is 0 Å². The highest BCUT2D eigenvalue weighted by molar-refractivity contribution is 8.13. The van der Waals surface area contributed by atoms with Gasteiger partial charge in [0, 0.05) is 6.54 Å². The summed E-state index contributed by atoms with van der Waals surface area (Å²) < 4.78 is 30.3. The number of hydrogen-bond acceptors (Lipinski definition) is 9. The van der Waals surface area contributed by atoms with E-state index < -0.39 is 23.3 Å². The number of ether oxygens (including phenoxy) is 5. The van der Waals surface area contributed by atoms with Gasteiger partial charge in [0.05, 0.1) is 30.6 Å². The molecule has 38 heavy (non-hydrogen) atoms. The summed E-state index contributed by atoms with van der Waals surface area (Å²) in [4.78, 5) is 29.4. The van der Waals surface area contributed by atoms with E-state index in [1.807, 2.05) is 13.8 Å². The zero-order chi connectivity index (χ0) is 26.7. The van der Waals surface area contributed by atoms with Gasteiger partial charge in [-0.05, 0) is 94.5 Å². The maximum atomic E-state index is 14.2. The van der Waals surface area contributed by atoms with Crippen molar-refractivity contribution >= 4 is 22.8 Å². The Labute approximate surface area is 228 Å². The van der Waals surface area contributed by atoms with Crippen LogP contribution in [0.25, 0.3) is 0 Å². The topological polar surface area (TPSA) is 83.5 Å². The Hall–Kier alpha value is -2.23. The molecule has 6 rings (SSSR count). The molecule has 0 amide bonds. The van der Waals surface area contributed by atoms with Gasteiger partial charge in [-0.3, -0.25) is 9.69 Å². The smallest absolute Gasteiger partial charge is 0.339 e. The van der Waals surface area contributed by atoms with Gasteiger partial charge in [-0.25, -0.2) is 4.79 Å². The molecule has 5 aliphatic rings. The summed E-state index contributed by atoms with van der Waals surface area (Å²) in [6, 6.07) is 4.16. The number of carbonyl (C=O) groups is 2. The lowest BCUT2D eigenvalue weighted by Gasteiger charge is -2.44. The molecule has 4 aliphatic heterocycles. The first-order valence-electron chi connectivity index (χ1n) is 13.6. The summed E-state index contributed by atoms with van der Waals surface area (Å²) in [7, 11) is 1.64. The van der Waals surface area contributed by atoms with E-state index in [-0.39, 0.29) is 29.8 Å². The van der Waals surface area contributed by atoms with Crippen LogP contribution in [0.2, 0.25) is 0 Å². The van der Waals surface area contributed by atoms with Gasteiger partial charge in [-0.15, -0.1) is 0 Å². The van der Waals surface area contributed by atoms with E-state index >= 15 is 0 Å². The van der Waals surface area contributed by atoms with Gasteiger partial charge in [0.2, 0.25) is 6.79 Å². The molecule has 1 aromatic carbocycles. The van der Waals surface area contributed by atoms with Crippen LogP contribution in [-0.2, 0) is 30.2 Å². The monoisotopic (exact) mass is 543 g/mol. The van der Waals surface area contributed by atoms with Crippen LogP contribution >= 0.6 is 11.8 Å². The SMILES string of the molecule is COC1=C[C@]23CCCN2CCc2cc4c(cc2[C@@H]3C1OC(=O)C1(CC(=O)SC)CCCC(C)(C)O1)OCO4. The third kappa shape index (κ3) is 4.12. The first kappa shape index (κ1) is 26.0. The van der Waals surface area contributed by atoms with Gasteiger partial charge < -0.3 is 23.7 Å². The number of fused-ring (bicyclic) bond motifs is 3. The molecule has 0 bridgehead atoms. The Morgan fingerprint density at radius 1 is 1.11 bits per heavy atom. The molecule has 2 saturated heterocycles. The van der Waals surface area contributed by atoms with Crippen LogP contribution in [0, 0.1) is 0 Å². The van der Waals surface area contributed by atoms with E-state index in [2.05, 4.69) is 23.1 Å². The van der Waals surface area contributed by atoms with Crippen molar-refractivity contribution in [3.05, 3.63) is 35.1 Å². The molecule has 2 unspecified atom stereocenters. The van der Waals surface area contributed by atoms with Crippen molar-refractivity contribution in [2.45, 2.75) is 87.6 Å². The molecule has 8 nitrogen and oxygen atoms in total. The fourth-order valence-electron chi connectivity index (χ4n) is 7.39. The average molecular weight is 544 g/mol.